The summed E-state index contributed by atoms with van der Waals surface area (Å²) in [7, 11) is 0. The van der Waals surface area contributed by atoms with Crippen LogP contribution in [0.25, 0.3) is 0 Å². The number of carbonyl (C=O) groups is 3. The third-order valence-corrected chi connectivity index (χ3v) is 6.56. The number of amides is 2. The van der Waals surface area contributed by atoms with Gasteiger partial charge in [0.2, 0.25) is 0 Å². The zero-order chi connectivity index (χ0) is 24.1. The number of rotatable bonds is 7. The lowest BCUT2D eigenvalue weighted by molar-refractivity contribution is -0.159. The van der Waals surface area contributed by atoms with Crippen molar-refractivity contribution < 1.29 is 23.9 Å². The van der Waals surface area contributed by atoms with E-state index in [-0.39, 0.29) is 24.8 Å². The van der Waals surface area contributed by atoms with Crippen LogP contribution in [-0.2, 0) is 25.5 Å². The van der Waals surface area contributed by atoms with E-state index in [0.717, 1.165) is 19.3 Å². The van der Waals surface area contributed by atoms with Crippen LogP contribution in [0.3, 0.4) is 0 Å². The van der Waals surface area contributed by atoms with Crippen molar-refractivity contribution in [3.63, 3.8) is 0 Å². The van der Waals surface area contributed by atoms with E-state index < -0.39 is 18.2 Å². The van der Waals surface area contributed by atoms with Crippen LogP contribution in [0.5, 0.6) is 5.75 Å². The van der Waals surface area contributed by atoms with E-state index in [1.807, 2.05) is 18.2 Å². The topological polar surface area (TPSA) is 76.1 Å². The first-order valence-electron chi connectivity index (χ1n) is 12.0. The maximum absolute atomic E-state index is 12.8. The molecule has 0 radical (unpaired) electrons. The van der Waals surface area contributed by atoms with Gasteiger partial charge in [0.25, 0.3) is 11.8 Å². The average molecular weight is 465 g/mol. The van der Waals surface area contributed by atoms with Gasteiger partial charge in [-0.05, 0) is 56.7 Å². The number of fused-ring (bicyclic) bond motifs is 1. The van der Waals surface area contributed by atoms with E-state index in [1.54, 1.807) is 35.8 Å². The predicted molar refractivity (Wildman–Crippen MR) is 129 cm³/mol. The summed E-state index contributed by atoms with van der Waals surface area (Å²) < 4.78 is 11.1. The van der Waals surface area contributed by atoms with Gasteiger partial charge < -0.3 is 19.3 Å². The zero-order valence-electron chi connectivity index (χ0n) is 19.8. The quantitative estimate of drug-likeness (QED) is 0.585. The highest BCUT2D eigenvalue weighted by molar-refractivity contribution is 6.00. The number of hydrogen-bond donors (Lipinski definition) is 0. The van der Waals surface area contributed by atoms with Gasteiger partial charge in [0.1, 0.15) is 5.75 Å². The fraction of sp³-hybridized carbons (Fsp3) is 0.444. The van der Waals surface area contributed by atoms with Gasteiger partial charge in [-0.3, -0.25) is 14.4 Å². The van der Waals surface area contributed by atoms with Crippen molar-refractivity contribution in [2.75, 3.05) is 24.5 Å². The van der Waals surface area contributed by atoms with Crippen molar-refractivity contribution in [3.8, 4) is 5.75 Å². The highest BCUT2D eigenvalue weighted by Gasteiger charge is 2.32. The summed E-state index contributed by atoms with van der Waals surface area (Å²) in [5, 5.41) is 0. The van der Waals surface area contributed by atoms with Gasteiger partial charge in [0.05, 0.1) is 12.1 Å². The van der Waals surface area contributed by atoms with Crippen LogP contribution in [0.1, 0.15) is 38.7 Å². The molecule has 2 aliphatic heterocycles. The van der Waals surface area contributed by atoms with Gasteiger partial charge in [-0.2, -0.15) is 0 Å². The Morgan fingerprint density at radius 3 is 2.47 bits per heavy atom. The second kappa shape index (κ2) is 10.7. The first-order valence-corrected chi connectivity index (χ1v) is 12.0. The molecule has 2 heterocycles. The minimum absolute atomic E-state index is 0.00354. The largest absolute Gasteiger partial charge is 0.479 e. The lowest BCUT2D eigenvalue weighted by Gasteiger charge is -2.34. The second-order valence-electron chi connectivity index (χ2n) is 9.06. The van der Waals surface area contributed by atoms with Crippen LogP contribution in [-0.4, -0.2) is 54.5 Å². The molecule has 34 heavy (non-hydrogen) atoms. The number of anilines is 1. The van der Waals surface area contributed by atoms with Crippen molar-refractivity contribution in [1.82, 2.24) is 4.90 Å². The molecule has 0 saturated carbocycles. The van der Waals surface area contributed by atoms with Gasteiger partial charge in [-0.15, -0.1) is 0 Å². The number of nitrogens with zero attached hydrogens (tertiary/aromatic N) is 2. The number of benzene rings is 2. The van der Waals surface area contributed by atoms with Gasteiger partial charge in [-0.1, -0.05) is 42.5 Å². The summed E-state index contributed by atoms with van der Waals surface area (Å²) in [6.45, 7) is 4.83. The third kappa shape index (κ3) is 5.58. The highest BCUT2D eigenvalue weighted by Crippen LogP contribution is 2.33. The Hall–Kier alpha value is -3.35. The molecule has 2 aromatic rings. The molecular weight excluding hydrogens is 432 g/mol. The first kappa shape index (κ1) is 23.8. The van der Waals surface area contributed by atoms with E-state index in [1.165, 1.54) is 5.56 Å². The van der Waals surface area contributed by atoms with Gasteiger partial charge in [0.15, 0.2) is 12.2 Å². The molecule has 0 aliphatic carbocycles. The molecule has 7 nitrogen and oxygen atoms in total. The zero-order valence-corrected chi connectivity index (χ0v) is 19.8. The Bertz CT molecular complexity index is 1020. The summed E-state index contributed by atoms with van der Waals surface area (Å²) >= 11 is 0. The van der Waals surface area contributed by atoms with E-state index >= 15 is 0 Å². The number of hydrogen-bond acceptors (Lipinski definition) is 5. The molecule has 2 amide bonds. The standard InChI is InChI=1S/C27H32N2O5/c1-19(26(31)28-15-12-22(13-16-28)18-21-8-4-3-5-9-21)34-25(30)14-17-29-23-10-6-7-11-24(23)33-20(2)27(29)32/h3-11,19-20,22H,12-18H2,1-2H3/t19-,20-/m1/s1. The number of piperidine rings is 1. The molecule has 0 spiro atoms. The van der Waals surface area contributed by atoms with Gasteiger partial charge >= 0.3 is 5.97 Å². The van der Waals surface area contributed by atoms with E-state index in [4.69, 9.17) is 9.47 Å². The maximum atomic E-state index is 12.8. The SMILES string of the molecule is C[C@@H](OC(=O)CCN1C(=O)[C@@H](C)Oc2ccccc21)C(=O)N1CCC(Cc2ccccc2)CC1. The summed E-state index contributed by atoms with van der Waals surface area (Å²) in [6, 6.07) is 17.7. The average Bonchev–Trinajstić information content (AvgIpc) is 2.85. The lowest BCUT2D eigenvalue weighted by atomic mass is 9.90. The Labute approximate surface area is 200 Å². The number of esters is 1. The van der Waals surface area contributed by atoms with E-state index in [9.17, 15) is 14.4 Å². The van der Waals surface area contributed by atoms with Crippen LogP contribution < -0.4 is 9.64 Å². The minimum atomic E-state index is -0.843. The fourth-order valence-corrected chi connectivity index (χ4v) is 4.66. The first-order chi connectivity index (χ1) is 16.4. The molecule has 0 N–H and O–H groups in total. The molecule has 1 saturated heterocycles. The van der Waals surface area contributed by atoms with Crippen LogP contribution >= 0.6 is 0 Å². The molecule has 180 valence electrons. The van der Waals surface area contributed by atoms with Crippen molar-refractivity contribution in [1.29, 1.82) is 0 Å². The van der Waals surface area contributed by atoms with Gasteiger partial charge in [0, 0.05) is 19.6 Å². The number of likely N-dealkylation sites (tertiary alicyclic amines) is 1. The van der Waals surface area contributed by atoms with Crippen molar-refractivity contribution in [3.05, 3.63) is 60.2 Å². The monoisotopic (exact) mass is 464 g/mol. The van der Waals surface area contributed by atoms with Crippen LogP contribution in [0, 0.1) is 5.92 Å². The Morgan fingerprint density at radius 2 is 1.74 bits per heavy atom. The Kier molecular flexibility index (Phi) is 7.50. The van der Waals surface area contributed by atoms with Crippen LogP contribution in [0.15, 0.2) is 54.6 Å². The van der Waals surface area contributed by atoms with E-state index in [2.05, 4.69) is 24.3 Å². The number of carbonyl (C=O) groups excluding carboxylic acids is 3. The smallest absolute Gasteiger partial charge is 0.308 e. The summed E-state index contributed by atoms with van der Waals surface area (Å²) in [6.07, 6.45) is 1.45. The predicted octanol–water partition coefficient (Wildman–Crippen LogP) is 3.60. The minimum Gasteiger partial charge on any atom is -0.479 e. The molecule has 0 bridgehead atoms. The molecule has 7 heteroatoms. The fourth-order valence-electron chi connectivity index (χ4n) is 4.66. The molecule has 2 atom stereocenters. The molecule has 2 aliphatic rings. The number of ether oxygens (including phenoxy) is 2. The molecule has 0 unspecified atom stereocenters. The Morgan fingerprint density at radius 1 is 1.06 bits per heavy atom. The third-order valence-electron chi connectivity index (χ3n) is 6.56. The molecule has 4 rings (SSSR count). The van der Waals surface area contributed by atoms with Crippen LogP contribution in [0.2, 0.25) is 0 Å². The van der Waals surface area contributed by atoms with Crippen molar-refractivity contribution in [2.45, 2.75) is 51.7 Å². The lowest BCUT2D eigenvalue weighted by Crippen LogP contribution is -2.46. The maximum Gasteiger partial charge on any atom is 0.308 e. The van der Waals surface area contributed by atoms with E-state index in [0.29, 0.717) is 30.4 Å². The normalized spacial score (nSPS) is 19.2. The second-order valence-corrected chi connectivity index (χ2v) is 9.06. The van der Waals surface area contributed by atoms with Crippen molar-refractivity contribution in [2.24, 2.45) is 5.92 Å². The van der Waals surface area contributed by atoms with Gasteiger partial charge in [-0.25, -0.2) is 0 Å². The molecular formula is C27H32N2O5. The summed E-state index contributed by atoms with van der Waals surface area (Å²) in [5.74, 6) is 0.314. The van der Waals surface area contributed by atoms with Crippen LogP contribution in [0.4, 0.5) is 5.69 Å². The van der Waals surface area contributed by atoms with Crippen molar-refractivity contribution >= 4 is 23.5 Å². The molecule has 2 aromatic carbocycles. The highest BCUT2D eigenvalue weighted by atomic mass is 16.5. The molecule has 0 aromatic heterocycles. The summed E-state index contributed by atoms with van der Waals surface area (Å²) in [5.41, 5.74) is 1.96. The Balaban J connectivity index is 1.24. The summed E-state index contributed by atoms with van der Waals surface area (Å²) in [4.78, 5) is 41.2. The number of para-hydroxylation sites is 2. The molecule has 1 fully saturated rings.